The largest absolute Gasteiger partial charge is 0.388 e. The van der Waals surface area contributed by atoms with E-state index in [2.05, 4.69) is 51.7 Å². The van der Waals surface area contributed by atoms with E-state index in [1.165, 1.54) is 11.1 Å². The summed E-state index contributed by atoms with van der Waals surface area (Å²) >= 11 is 0. The van der Waals surface area contributed by atoms with E-state index in [1.807, 2.05) is 13.1 Å². The second-order valence-corrected chi connectivity index (χ2v) is 3.96. The minimum Gasteiger partial charge on any atom is -0.388 e. The molecule has 0 bridgehead atoms. The van der Waals surface area contributed by atoms with Gasteiger partial charge < -0.3 is 10.3 Å². The van der Waals surface area contributed by atoms with Crippen molar-refractivity contribution in [2.45, 2.75) is 0 Å². The lowest BCUT2D eigenvalue weighted by Crippen LogP contribution is -1.86. The van der Waals surface area contributed by atoms with E-state index >= 15 is 0 Å². The lowest BCUT2D eigenvalue weighted by atomic mass is 10.0. The number of hydrogen-bond acceptors (Lipinski definition) is 2. The molecule has 0 fully saturated rings. The first-order chi connectivity index (χ1) is 8.36. The summed E-state index contributed by atoms with van der Waals surface area (Å²) in [5.74, 6) is 0. The van der Waals surface area contributed by atoms with Crippen molar-refractivity contribution in [3.05, 3.63) is 48.8 Å². The summed E-state index contributed by atoms with van der Waals surface area (Å²) in [5, 5.41) is 3.11. The Morgan fingerprint density at radius 2 is 1.76 bits per heavy atom. The molecule has 17 heavy (non-hydrogen) atoms. The molecule has 0 aliphatic heterocycles. The van der Waals surface area contributed by atoms with E-state index in [4.69, 9.17) is 0 Å². The van der Waals surface area contributed by atoms with Crippen LogP contribution in [0.25, 0.3) is 22.2 Å². The van der Waals surface area contributed by atoms with Crippen LogP contribution in [0.3, 0.4) is 0 Å². The Hall–Kier alpha value is -2.29. The quantitative estimate of drug-likeness (QED) is 0.700. The lowest BCUT2D eigenvalue weighted by molar-refractivity contribution is 1.34. The van der Waals surface area contributed by atoms with E-state index in [0.717, 1.165) is 16.7 Å². The van der Waals surface area contributed by atoms with Gasteiger partial charge in [0, 0.05) is 12.7 Å². The van der Waals surface area contributed by atoms with Crippen LogP contribution in [0.2, 0.25) is 0 Å². The van der Waals surface area contributed by atoms with Crippen molar-refractivity contribution in [2.24, 2.45) is 0 Å². The summed E-state index contributed by atoms with van der Waals surface area (Å²) in [6.07, 6.45) is 1.72. The molecule has 84 valence electrons. The van der Waals surface area contributed by atoms with Crippen LogP contribution in [0.15, 0.2) is 48.8 Å². The second-order valence-electron chi connectivity index (χ2n) is 3.96. The van der Waals surface area contributed by atoms with Gasteiger partial charge in [0.25, 0.3) is 0 Å². The standard InChI is InChI=1S/C14H13N3/c1-15-12-5-2-10(3-6-12)11-4-7-13-14(8-11)17-9-16-13/h2-9,15H,1H3,(H,16,17). The smallest absolute Gasteiger partial charge is 0.0931 e. The van der Waals surface area contributed by atoms with Gasteiger partial charge in [-0.3, -0.25) is 0 Å². The van der Waals surface area contributed by atoms with Crippen LogP contribution in [0.1, 0.15) is 0 Å². The van der Waals surface area contributed by atoms with Crippen LogP contribution >= 0.6 is 0 Å². The number of nitrogens with zero attached hydrogens (tertiary/aromatic N) is 1. The molecule has 2 aromatic carbocycles. The van der Waals surface area contributed by atoms with Gasteiger partial charge in [-0.25, -0.2) is 4.98 Å². The molecule has 3 aromatic rings. The van der Waals surface area contributed by atoms with Crippen molar-refractivity contribution in [1.29, 1.82) is 0 Å². The van der Waals surface area contributed by atoms with Crippen molar-refractivity contribution >= 4 is 16.7 Å². The molecule has 0 atom stereocenters. The van der Waals surface area contributed by atoms with Crippen molar-refractivity contribution < 1.29 is 0 Å². The molecule has 0 saturated heterocycles. The summed E-state index contributed by atoms with van der Waals surface area (Å²) < 4.78 is 0. The van der Waals surface area contributed by atoms with Crippen LogP contribution in [0.4, 0.5) is 5.69 Å². The van der Waals surface area contributed by atoms with Gasteiger partial charge in [-0.05, 0) is 35.4 Å². The molecule has 0 amide bonds. The zero-order valence-corrected chi connectivity index (χ0v) is 9.57. The number of aromatic nitrogens is 2. The Morgan fingerprint density at radius 3 is 2.53 bits per heavy atom. The fourth-order valence-electron chi connectivity index (χ4n) is 1.94. The molecule has 0 aliphatic carbocycles. The maximum Gasteiger partial charge on any atom is 0.0931 e. The molecule has 0 unspecified atom stereocenters. The third-order valence-corrected chi connectivity index (χ3v) is 2.93. The average molecular weight is 223 g/mol. The number of H-pyrrole nitrogens is 1. The van der Waals surface area contributed by atoms with Gasteiger partial charge in [-0.15, -0.1) is 0 Å². The highest BCUT2D eigenvalue weighted by atomic mass is 14.9. The number of anilines is 1. The van der Waals surface area contributed by atoms with E-state index in [1.54, 1.807) is 6.33 Å². The molecule has 0 aliphatic rings. The average Bonchev–Trinajstić information content (AvgIpc) is 2.86. The first-order valence-corrected chi connectivity index (χ1v) is 5.58. The summed E-state index contributed by atoms with van der Waals surface area (Å²) in [5.41, 5.74) is 5.60. The molecule has 0 saturated carbocycles. The molecule has 1 aromatic heterocycles. The predicted molar refractivity (Wildman–Crippen MR) is 71.1 cm³/mol. The van der Waals surface area contributed by atoms with Gasteiger partial charge in [0.2, 0.25) is 0 Å². The molecule has 3 heteroatoms. The van der Waals surface area contributed by atoms with Gasteiger partial charge >= 0.3 is 0 Å². The first-order valence-electron chi connectivity index (χ1n) is 5.58. The highest BCUT2D eigenvalue weighted by Crippen LogP contribution is 2.24. The Labute approximate surface area is 99.5 Å². The van der Waals surface area contributed by atoms with E-state index in [9.17, 15) is 0 Å². The molecule has 0 spiro atoms. The maximum absolute atomic E-state index is 4.22. The Kier molecular flexibility index (Phi) is 2.29. The van der Waals surface area contributed by atoms with Crippen molar-refractivity contribution in [2.75, 3.05) is 12.4 Å². The number of benzene rings is 2. The van der Waals surface area contributed by atoms with Gasteiger partial charge in [-0.1, -0.05) is 18.2 Å². The Balaban J connectivity index is 2.06. The molecular weight excluding hydrogens is 210 g/mol. The maximum atomic E-state index is 4.22. The normalized spacial score (nSPS) is 10.6. The van der Waals surface area contributed by atoms with Gasteiger partial charge in [-0.2, -0.15) is 0 Å². The molecule has 2 N–H and O–H groups in total. The van der Waals surface area contributed by atoms with E-state index < -0.39 is 0 Å². The fourth-order valence-corrected chi connectivity index (χ4v) is 1.94. The zero-order valence-electron chi connectivity index (χ0n) is 9.57. The summed E-state index contributed by atoms with van der Waals surface area (Å²) in [7, 11) is 1.92. The number of fused-ring (bicyclic) bond motifs is 1. The van der Waals surface area contributed by atoms with Crippen LogP contribution in [0, 0.1) is 0 Å². The second kappa shape index (κ2) is 3.94. The molecule has 1 heterocycles. The van der Waals surface area contributed by atoms with Crippen LogP contribution in [0.5, 0.6) is 0 Å². The van der Waals surface area contributed by atoms with Crippen LogP contribution in [-0.4, -0.2) is 17.0 Å². The third kappa shape index (κ3) is 1.76. The number of hydrogen-bond donors (Lipinski definition) is 2. The van der Waals surface area contributed by atoms with Crippen molar-refractivity contribution in [3.63, 3.8) is 0 Å². The topological polar surface area (TPSA) is 40.7 Å². The Morgan fingerprint density at radius 1 is 1.00 bits per heavy atom. The van der Waals surface area contributed by atoms with E-state index in [-0.39, 0.29) is 0 Å². The number of nitrogens with one attached hydrogen (secondary N) is 2. The molecule has 3 rings (SSSR count). The van der Waals surface area contributed by atoms with Gasteiger partial charge in [0.05, 0.1) is 17.4 Å². The van der Waals surface area contributed by atoms with Crippen LogP contribution in [-0.2, 0) is 0 Å². The van der Waals surface area contributed by atoms with Gasteiger partial charge in [0.1, 0.15) is 0 Å². The highest BCUT2D eigenvalue weighted by Gasteiger charge is 2.01. The minimum absolute atomic E-state index is 1.00. The van der Waals surface area contributed by atoms with E-state index in [0.29, 0.717) is 0 Å². The molecular formula is C14H13N3. The molecule has 3 nitrogen and oxygen atoms in total. The summed E-state index contributed by atoms with van der Waals surface area (Å²) in [6, 6.07) is 14.6. The first kappa shape index (κ1) is 9.90. The zero-order chi connectivity index (χ0) is 11.7. The third-order valence-electron chi connectivity index (χ3n) is 2.93. The van der Waals surface area contributed by atoms with Crippen molar-refractivity contribution in [3.8, 4) is 11.1 Å². The lowest BCUT2D eigenvalue weighted by Gasteiger charge is -2.04. The Bertz CT molecular complexity index is 638. The summed E-state index contributed by atoms with van der Waals surface area (Å²) in [4.78, 5) is 7.34. The SMILES string of the molecule is CNc1ccc(-c2ccc3nc[nH]c3c2)cc1. The highest BCUT2D eigenvalue weighted by molar-refractivity contribution is 5.81. The fraction of sp³-hybridized carbons (Fsp3) is 0.0714. The van der Waals surface area contributed by atoms with Gasteiger partial charge in [0.15, 0.2) is 0 Å². The monoisotopic (exact) mass is 223 g/mol. The molecule has 0 radical (unpaired) electrons. The minimum atomic E-state index is 1.00. The number of aromatic amines is 1. The number of rotatable bonds is 2. The predicted octanol–water partition coefficient (Wildman–Crippen LogP) is 3.27. The van der Waals surface area contributed by atoms with Crippen molar-refractivity contribution in [1.82, 2.24) is 9.97 Å². The van der Waals surface area contributed by atoms with Crippen LogP contribution < -0.4 is 5.32 Å². The number of imidazole rings is 1. The summed E-state index contributed by atoms with van der Waals surface area (Å²) in [6.45, 7) is 0.